The number of benzene rings is 2. The Balaban J connectivity index is 2.47. The van der Waals surface area contributed by atoms with Crippen molar-refractivity contribution in [2.75, 3.05) is 17.6 Å². The van der Waals surface area contributed by atoms with Gasteiger partial charge in [-0.05, 0) is 49.2 Å². The zero-order chi connectivity index (χ0) is 23.9. The summed E-state index contributed by atoms with van der Waals surface area (Å²) in [5.41, 5.74) is -4.78. The molecule has 0 radical (unpaired) electrons. The highest BCUT2D eigenvalue weighted by Crippen LogP contribution is 2.34. The molecule has 0 spiro atoms. The SMILES string of the molecule is CCOCN(c1ccc(Cl)cc1C(CC)=NOCc1ccc(Cl)cc1)S(=O)(=O)C(F)(F)F. The number of hydrogen-bond acceptors (Lipinski definition) is 5. The van der Waals surface area contributed by atoms with Crippen LogP contribution in [0.4, 0.5) is 18.9 Å². The molecule has 12 heteroatoms. The fourth-order valence-electron chi connectivity index (χ4n) is 2.59. The zero-order valence-electron chi connectivity index (χ0n) is 17.2. The smallest absolute Gasteiger partial charge is 0.391 e. The molecule has 2 aromatic rings. The fourth-order valence-corrected chi connectivity index (χ4v) is 3.77. The summed E-state index contributed by atoms with van der Waals surface area (Å²) in [7, 11) is -5.75. The van der Waals surface area contributed by atoms with E-state index in [0.29, 0.717) is 5.02 Å². The van der Waals surface area contributed by atoms with Crippen molar-refractivity contribution in [3.8, 4) is 0 Å². The van der Waals surface area contributed by atoms with Crippen LogP contribution in [0.25, 0.3) is 0 Å². The molecule has 32 heavy (non-hydrogen) atoms. The van der Waals surface area contributed by atoms with Crippen LogP contribution in [-0.4, -0.2) is 33.0 Å². The highest BCUT2D eigenvalue weighted by Gasteiger charge is 2.51. The largest absolute Gasteiger partial charge is 0.516 e. The third kappa shape index (κ3) is 6.50. The molecule has 0 saturated carbocycles. The van der Waals surface area contributed by atoms with Crippen LogP contribution in [-0.2, 0) is 26.2 Å². The molecule has 0 bridgehead atoms. The summed E-state index contributed by atoms with van der Waals surface area (Å²) in [6.07, 6.45) is 0.225. The van der Waals surface area contributed by atoms with Crippen LogP contribution in [0.3, 0.4) is 0 Å². The van der Waals surface area contributed by atoms with Gasteiger partial charge in [-0.25, -0.2) is 4.31 Å². The van der Waals surface area contributed by atoms with E-state index in [4.69, 9.17) is 32.8 Å². The monoisotopic (exact) mass is 512 g/mol. The summed E-state index contributed by atoms with van der Waals surface area (Å²) in [4.78, 5) is 5.36. The highest BCUT2D eigenvalue weighted by molar-refractivity contribution is 7.93. The second-order valence-electron chi connectivity index (χ2n) is 6.37. The Bertz CT molecular complexity index is 1050. The van der Waals surface area contributed by atoms with Gasteiger partial charge in [0, 0.05) is 22.2 Å². The van der Waals surface area contributed by atoms with Crippen molar-refractivity contribution in [2.45, 2.75) is 32.4 Å². The van der Waals surface area contributed by atoms with Crippen molar-refractivity contribution in [1.82, 2.24) is 0 Å². The van der Waals surface area contributed by atoms with E-state index in [-0.39, 0.29) is 45.9 Å². The minimum Gasteiger partial charge on any atom is -0.391 e. The molecule has 0 fully saturated rings. The molecule has 0 amide bonds. The Kier molecular flexibility index (Phi) is 9.20. The molecule has 0 aliphatic heterocycles. The molecule has 0 aromatic heterocycles. The average molecular weight is 513 g/mol. The number of rotatable bonds is 10. The lowest BCUT2D eigenvalue weighted by Gasteiger charge is -2.27. The van der Waals surface area contributed by atoms with Crippen molar-refractivity contribution in [3.05, 3.63) is 63.6 Å². The molecular formula is C20H21Cl2F3N2O4S. The van der Waals surface area contributed by atoms with E-state index in [1.807, 2.05) is 0 Å². The number of nitrogens with zero attached hydrogens (tertiary/aromatic N) is 2. The lowest BCUT2D eigenvalue weighted by atomic mass is 10.1. The van der Waals surface area contributed by atoms with Crippen molar-refractivity contribution >= 4 is 44.6 Å². The summed E-state index contributed by atoms with van der Waals surface area (Å²) in [5, 5.41) is 4.76. The van der Waals surface area contributed by atoms with Gasteiger partial charge in [0.15, 0.2) is 0 Å². The van der Waals surface area contributed by atoms with Crippen LogP contribution in [0, 0.1) is 0 Å². The molecule has 6 nitrogen and oxygen atoms in total. The number of oxime groups is 1. The van der Waals surface area contributed by atoms with E-state index in [1.165, 1.54) is 25.1 Å². The van der Waals surface area contributed by atoms with Gasteiger partial charge >= 0.3 is 15.5 Å². The molecule has 0 unspecified atom stereocenters. The van der Waals surface area contributed by atoms with E-state index in [2.05, 4.69) is 5.16 Å². The summed E-state index contributed by atoms with van der Waals surface area (Å²) >= 11 is 11.9. The van der Waals surface area contributed by atoms with Crippen LogP contribution in [0.2, 0.25) is 10.0 Å². The van der Waals surface area contributed by atoms with E-state index < -0.39 is 22.3 Å². The van der Waals surface area contributed by atoms with Gasteiger partial charge in [-0.15, -0.1) is 0 Å². The Morgan fingerprint density at radius 3 is 2.25 bits per heavy atom. The Morgan fingerprint density at radius 1 is 1.06 bits per heavy atom. The molecule has 0 aliphatic rings. The lowest BCUT2D eigenvalue weighted by molar-refractivity contribution is -0.0445. The predicted octanol–water partition coefficient (Wildman–Crippen LogP) is 5.97. The van der Waals surface area contributed by atoms with Crippen LogP contribution in [0.1, 0.15) is 31.4 Å². The molecule has 0 N–H and O–H groups in total. The minimum absolute atomic E-state index is 0.00568. The quantitative estimate of drug-likeness (QED) is 0.223. The molecule has 2 aromatic carbocycles. The van der Waals surface area contributed by atoms with Gasteiger partial charge in [-0.2, -0.15) is 21.6 Å². The standard InChI is InChI=1S/C20H21Cl2F3N2O4S/c1-3-18(26-31-12-14-5-7-15(21)8-6-14)17-11-16(22)9-10-19(17)27(13-30-4-2)32(28,29)20(23,24)25/h5-11H,3-4,12-13H2,1-2H3. The molecule has 176 valence electrons. The maximum Gasteiger partial charge on any atom is 0.516 e. The first-order valence-corrected chi connectivity index (χ1v) is 11.6. The summed E-state index contributed by atoms with van der Waals surface area (Å²) in [5.74, 6) is 0. The van der Waals surface area contributed by atoms with E-state index in [1.54, 1.807) is 31.2 Å². The average Bonchev–Trinajstić information content (AvgIpc) is 2.73. The van der Waals surface area contributed by atoms with E-state index >= 15 is 0 Å². The first-order chi connectivity index (χ1) is 15.0. The molecular weight excluding hydrogens is 492 g/mol. The van der Waals surface area contributed by atoms with Gasteiger partial charge in [-0.1, -0.05) is 47.4 Å². The maximum absolute atomic E-state index is 13.3. The summed E-state index contributed by atoms with van der Waals surface area (Å²) in [6, 6.07) is 10.6. The number of hydrogen-bond donors (Lipinski definition) is 0. The number of alkyl halides is 3. The number of sulfonamides is 1. The van der Waals surface area contributed by atoms with Crippen molar-refractivity contribution < 1.29 is 31.2 Å². The summed E-state index contributed by atoms with van der Waals surface area (Å²) in [6.45, 7) is 2.46. The molecule has 0 atom stereocenters. The van der Waals surface area contributed by atoms with Gasteiger partial charge in [0.25, 0.3) is 0 Å². The van der Waals surface area contributed by atoms with Crippen molar-refractivity contribution in [2.24, 2.45) is 5.16 Å². The minimum atomic E-state index is -5.75. The third-order valence-corrected chi connectivity index (χ3v) is 6.14. The van der Waals surface area contributed by atoms with E-state index in [0.717, 1.165) is 5.56 Å². The Morgan fingerprint density at radius 2 is 1.69 bits per heavy atom. The first-order valence-electron chi connectivity index (χ1n) is 9.41. The van der Waals surface area contributed by atoms with Crippen LogP contribution < -0.4 is 4.31 Å². The van der Waals surface area contributed by atoms with E-state index in [9.17, 15) is 21.6 Å². The topological polar surface area (TPSA) is 68.2 Å². The summed E-state index contributed by atoms with van der Waals surface area (Å²) < 4.78 is 69.6. The fraction of sp³-hybridized carbons (Fsp3) is 0.350. The predicted molar refractivity (Wildman–Crippen MR) is 118 cm³/mol. The Labute approximate surface area is 194 Å². The van der Waals surface area contributed by atoms with Gasteiger partial charge in [0.1, 0.15) is 13.3 Å². The second kappa shape index (κ2) is 11.2. The third-order valence-electron chi connectivity index (χ3n) is 4.19. The van der Waals surface area contributed by atoms with Crippen molar-refractivity contribution in [1.29, 1.82) is 0 Å². The Hall–Kier alpha value is -2.01. The number of ether oxygens (including phenoxy) is 1. The van der Waals surface area contributed by atoms with Crippen LogP contribution in [0.15, 0.2) is 47.6 Å². The molecule has 2 rings (SSSR count). The van der Waals surface area contributed by atoms with Gasteiger partial charge in [0.05, 0.1) is 11.4 Å². The van der Waals surface area contributed by atoms with Crippen LogP contribution in [0.5, 0.6) is 0 Å². The highest BCUT2D eigenvalue weighted by atomic mass is 35.5. The number of anilines is 1. The molecule has 0 heterocycles. The first kappa shape index (κ1) is 26.2. The van der Waals surface area contributed by atoms with Gasteiger partial charge in [-0.3, -0.25) is 0 Å². The van der Waals surface area contributed by atoms with Crippen molar-refractivity contribution in [3.63, 3.8) is 0 Å². The number of halogens is 5. The molecule has 0 saturated heterocycles. The normalized spacial score (nSPS) is 12.7. The van der Waals surface area contributed by atoms with Gasteiger partial charge in [0.2, 0.25) is 0 Å². The molecule has 0 aliphatic carbocycles. The van der Waals surface area contributed by atoms with Crippen LogP contribution >= 0.6 is 23.2 Å². The second-order valence-corrected chi connectivity index (χ2v) is 9.10. The maximum atomic E-state index is 13.3. The zero-order valence-corrected chi connectivity index (χ0v) is 19.5. The lowest BCUT2D eigenvalue weighted by Crippen LogP contribution is -2.42. The van der Waals surface area contributed by atoms with Gasteiger partial charge < -0.3 is 9.57 Å².